The van der Waals surface area contributed by atoms with Crippen LogP contribution in [0.3, 0.4) is 0 Å². The molecule has 0 bridgehead atoms. The molecule has 1 heterocycles. The highest BCUT2D eigenvalue weighted by molar-refractivity contribution is 5.68. The molecule has 4 heteroatoms. The molecule has 0 amide bonds. The zero-order chi connectivity index (χ0) is 13.2. The van der Waals surface area contributed by atoms with Gasteiger partial charge in [-0.3, -0.25) is 0 Å². The molecule has 0 atom stereocenters. The van der Waals surface area contributed by atoms with E-state index >= 15 is 0 Å². The number of nitriles is 1. The first kappa shape index (κ1) is 12.7. The number of hydrogen-bond donors (Lipinski definition) is 1. The van der Waals surface area contributed by atoms with Gasteiger partial charge in [0.1, 0.15) is 0 Å². The summed E-state index contributed by atoms with van der Waals surface area (Å²) >= 11 is 0. The van der Waals surface area contributed by atoms with Crippen LogP contribution < -0.4 is 10.6 Å². The average Bonchev–Trinajstić information content (AvgIpc) is 2.39. The Labute approximate surface area is 108 Å². The average molecular weight is 245 g/mol. The van der Waals surface area contributed by atoms with Crippen LogP contribution in [0.1, 0.15) is 18.4 Å². The predicted octanol–water partition coefficient (Wildman–Crippen LogP) is 1.91. The normalized spacial score (nSPS) is 18.1. The molecule has 0 radical (unpaired) electrons. The van der Waals surface area contributed by atoms with Gasteiger partial charge < -0.3 is 15.4 Å². The van der Waals surface area contributed by atoms with Crippen LogP contribution in [0.15, 0.2) is 18.2 Å². The van der Waals surface area contributed by atoms with Crippen molar-refractivity contribution in [2.24, 2.45) is 0 Å². The summed E-state index contributed by atoms with van der Waals surface area (Å²) in [4.78, 5) is 1.97. The first-order valence-electron chi connectivity index (χ1n) is 6.15. The molecule has 18 heavy (non-hydrogen) atoms. The molecule has 0 aromatic heterocycles. The van der Waals surface area contributed by atoms with Crippen LogP contribution >= 0.6 is 0 Å². The number of nitrogen functional groups attached to an aromatic ring is 1. The Balaban J connectivity index is 2.38. The molecule has 1 fully saturated rings. The van der Waals surface area contributed by atoms with Gasteiger partial charge in [0, 0.05) is 27.3 Å². The van der Waals surface area contributed by atoms with E-state index < -0.39 is 5.41 Å². The van der Waals surface area contributed by atoms with Crippen LogP contribution in [0, 0.1) is 11.3 Å². The van der Waals surface area contributed by atoms with Gasteiger partial charge in [-0.2, -0.15) is 5.26 Å². The van der Waals surface area contributed by atoms with Crippen LogP contribution in [-0.4, -0.2) is 27.3 Å². The zero-order valence-electron chi connectivity index (χ0n) is 10.9. The van der Waals surface area contributed by atoms with E-state index in [0.29, 0.717) is 13.2 Å². The van der Waals surface area contributed by atoms with Gasteiger partial charge in [-0.15, -0.1) is 0 Å². The minimum atomic E-state index is -0.433. The lowest BCUT2D eigenvalue weighted by Gasteiger charge is -2.31. The highest BCUT2D eigenvalue weighted by Gasteiger charge is 2.34. The minimum absolute atomic E-state index is 0.433. The number of nitrogens with zero attached hydrogens (tertiary/aromatic N) is 2. The van der Waals surface area contributed by atoms with Crippen molar-refractivity contribution in [2.75, 3.05) is 37.9 Å². The summed E-state index contributed by atoms with van der Waals surface area (Å²) in [5, 5.41) is 9.51. The second-order valence-electron chi connectivity index (χ2n) is 4.97. The third-order valence-electron chi connectivity index (χ3n) is 3.62. The maximum absolute atomic E-state index is 9.51. The van der Waals surface area contributed by atoms with Gasteiger partial charge in [-0.25, -0.2) is 0 Å². The van der Waals surface area contributed by atoms with Crippen LogP contribution in [0.25, 0.3) is 0 Å². The van der Waals surface area contributed by atoms with Crippen molar-refractivity contribution in [2.45, 2.75) is 18.3 Å². The fourth-order valence-electron chi connectivity index (χ4n) is 2.44. The van der Waals surface area contributed by atoms with Crippen molar-refractivity contribution in [1.82, 2.24) is 0 Å². The first-order valence-corrected chi connectivity index (χ1v) is 6.15. The highest BCUT2D eigenvalue weighted by Crippen LogP contribution is 2.36. The summed E-state index contributed by atoms with van der Waals surface area (Å²) in [7, 11) is 3.92. The highest BCUT2D eigenvalue weighted by atomic mass is 16.5. The Kier molecular flexibility index (Phi) is 3.44. The summed E-state index contributed by atoms with van der Waals surface area (Å²) < 4.78 is 5.35. The summed E-state index contributed by atoms with van der Waals surface area (Å²) in [6, 6.07) is 8.39. The number of ether oxygens (including phenoxy) is 1. The Bertz CT molecular complexity index is 470. The van der Waals surface area contributed by atoms with Gasteiger partial charge >= 0.3 is 0 Å². The molecular formula is C14H19N3O. The monoisotopic (exact) mass is 245 g/mol. The fourth-order valence-corrected chi connectivity index (χ4v) is 2.44. The van der Waals surface area contributed by atoms with Gasteiger partial charge in [-0.1, -0.05) is 6.07 Å². The lowest BCUT2D eigenvalue weighted by Crippen LogP contribution is -2.32. The van der Waals surface area contributed by atoms with Crippen LogP contribution in [0.2, 0.25) is 0 Å². The summed E-state index contributed by atoms with van der Waals surface area (Å²) in [5.74, 6) is 0. The molecule has 0 unspecified atom stereocenters. The summed E-state index contributed by atoms with van der Waals surface area (Å²) in [5.41, 5.74) is 8.34. The SMILES string of the molecule is CN(C)c1ccc(C2(C#N)CCOCC2)cc1N. The third-order valence-corrected chi connectivity index (χ3v) is 3.62. The maximum atomic E-state index is 9.51. The van der Waals surface area contributed by atoms with E-state index in [2.05, 4.69) is 6.07 Å². The lowest BCUT2D eigenvalue weighted by atomic mass is 9.75. The molecule has 1 aliphatic heterocycles. The largest absolute Gasteiger partial charge is 0.397 e. The van der Waals surface area contributed by atoms with Gasteiger partial charge in [0.25, 0.3) is 0 Å². The smallest absolute Gasteiger partial charge is 0.0866 e. The van der Waals surface area contributed by atoms with Crippen LogP contribution in [-0.2, 0) is 10.2 Å². The Morgan fingerprint density at radius 3 is 2.50 bits per heavy atom. The Morgan fingerprint density at radius 2 is 2.00 bits per heavy atom. The lowest BCUT2D eigenvalue weighted by molar-refractivity contribution is 0.0675. The van der Waals surface area contributed by atoms with Crippen LogP contribution in [0.5, 0.6) is 0 Å². The number of nitrogens with two attached hydrogens (primary N) is 1. The molecule has 1 aromatic carbocycles. The number of benzene rings is 1. The van der Waals surface area contributed by atoms with E-state index in [4.69, 9.17) is 10.5 Å². The topological polar surface area (TPSA) is 62.3 Å². The third kappa shape index (κ3) is 2.14. The van der Waals surface area contributed by atoms with Gasteiger partial charge in [0.05, 0.1) is 22.9 Å². The van der Waals surface area contributed by atoms with Crippen molar-refractivity contribution < 1.29 is 4.74 Å². The second kappa shape index (κ2) is 4.87. The minimum Gasteiger partial charge on any atom is -0.397 e. The van der Waals surface area contributed by atoms with Crippen molar-refractivity contribution >= 4 is 11.4 Å². The fraction of sp³-hybridized carbons (Fsp3) is 0.500. The number of rotatable bonds is 2. The quantitative estimate of drug-likeness (QED) is 0.808. The van der Waals surface area contributed by atoms with E-state index in [9.17, 15) is 5.26 Å². The molecular weight excluding hydrogens is 226 g/mol. The summed E-state index contributed by atoms with van der Waals surface area (Å²) in [6.45, 7) is 1.28. The van der Waals surface area contributed by atoms with E-state index in [1.165, 1.54) is 0 Å². The molecule has 0 aliphatic carbocycles. The van der Waals surface area contributed by atoms with Crippen molar-refractivity contribution in [3.63, 3.8) is 0 Å². The van der Waals surface area contributed by atoms with Crippen LogP contribution in [0.4, 0.5) is 11.4 Å². The first-order chi connectivity index (χ1) is 8.59. The van der Waals surface area contributed by atoms with E-state index in [0.717, 1.165) is 29.8 Å². The van der Waals surface area contributed by atoms with Crippen molar-refractivity contribution in [1.29, 1.82) is 5.26 Å². The van der Waals surface area contributed by atoms with Crippen molar-refractivity contribution in [3.05, 3.63) is 23.8 Å². The Hall–Kier alpha value is -1.73. The van der Waals surface area contributed by atoms with E-state index in [1.54, 1.807) is 0 Å². The molecule has 1 aromatic rings. The standard InChI is InChI=1S/C14H19N3O/c1-17(2)13-4-3-11(9-12(13)16)14(10-15)5-7-18-8-6-14/h3-4,9H,5-8,16H2,1-2H3. The van der Waals surface area contributed by atoms with Gasteiger partial charge in [0.2, 0.25) is 0 Å². The Morgan fingerprint density at radius 1 is 1.33 bits per heavy atom. The number of hydrogen-bond acceptors (Lipinski definition) is 4. The molecule has 2 rings (SSSR count). The molecule has 0 saturated carbocycles. The molecule has 4 nitrogen and oxygen atoms in total. The molecule has 0 spiro atoms. The molecule has 96 valence electrons. The maximum Gasteiger partial charge on any atom is 0.0866 e. The van der Waals surface area contributed by atoms with Gasteiger partial charge in [-0.05, 0) is 30.5 Å². The van der Waals surface area contributed by atoms with Crippen molar-refractivity contribution in [3.8, 4) is 6.07 Å². The number of anilines is 2. The zero-order valence-corrected chi connectivity index (χ0v) is 10.9. The second-order valence-corrected chi connectivity index (χ2v) is 4.97. The summed E-state index contributed by atoms with van der Waals surface area (Å²) in [6.07, 6.45) is 1.48. The molecule has 1 aliphatic rings. The molecule has 2 N–H and O–H groups in total. The van der Waals surface area contributed by atoms with E-state index in [1.807, 2.05) is 37.2 Å². The van der Waals surface area contributed by atoms with Gasteiger partial charge in [0.15, 0.2) is 0 Å². The van der Waals surface area contributed by atoms with E-state index in [-0.39, 0.29) is 0 Å². The molecule has 1 saturated heterocycles. The predicted molar refractivity (Wildman–Crippen MR) is 72.5 cm³/mol.